The molecule has 0 aliphatic carbocycles. The van der Waals surface area contributed by atoms with Crippen LogP contribution in [0.15, 0.2) is 73.2 Å². The number of halogens is 6. The van der Waals surface area contributed by atoms with E-state index in [0.717, 1.165) is 23.0 Å². The average molecular weight is 533 g/mol. The summed E-state index contributed by atoms with van der Waals surface area (Å²) in [7, 11) is 0. The molecule has 1 atom stereocenters. The van der Waals surface area contributed by atoms with E-state index in [1.165, 1.54) is 24.4 Å². The summed E-state index contributed by atoms with van der Waals surface area (Å²) in [5.41, 5.74) is 6.30. The van der Waals surface area contributed by atoms with Gasteiger partial charge < -0.3 is 11.1 Å². The molecule has 2 heterocycles. The third kappa shape index (κ3) is 5.86. The lowest BCUT2D eigenvalue weighted by atomic mass is 9.95. The van der Waals surface area contributed by atoms with E-state index in [-0.39, 0.29) is 17.9 Å². The molecule has 6 nitrogen and oxygen atoms in total. The predicted molar refractivity (Wildman–Crippen MR) is 127 cm³/mol. The Morgan fingerprint density at radius 2 is 1.66 bits per heavy atom. The summed E-state index contributed by atoms with van der Waals surface area (Å²) in [6.07, 6.45) is -6.28. The van der Waals surface area contributed by atoms with E-state index in [1.54, 1.807) is 31.2 Å². The molecule has 0 saturated heterocycles. The molecule has 0 spiro atoms. The van der Waals surface area contributed by atoms with Crippen molar-refractivity contribution in [3.05, 3.63) is 101 Å². The number of carbonyl (C=O) groups excluding carboxylic acids is 1. The minimum absolute atomic E-state index is 0.0356. The summed E-state index contributed by atoms with van der Waals surface area (Å²) in [5, 5.41) is 6.44. The number of nitrogens with zero attached hydrogens (tertiary/aromatic N) is 3. The van der Waals surface area contributed by atoms with Gasteiger partial charge in [0.25, 0.3) is 5.91 Å². The van der Waals surface area contributed by atoms with Gasteiger partial charge in [-0.25, -0.2) is 4.68 Å². The first-order chi connectivity index (χ1) is 17.9. The molecule has 4 aromatic rings. The monoisotopic (exact) mass is 533 g/mol. The van der Waals surface area contributed by atoms with Gasteiger partial charge in [-0.05, 0) is 53.4 Å². The lowest BCUT2D eigenvalue weighted by Gasteiger charge is -2.16. The molecule has 1 amide bonds. The highest BCUT2D eigenvalue weighted by molar-refractivity contribution is 5.93. The zero-order chi connectivity index (χ0) is 27.7. The third-order valence-electron chi connectivity index (χ3n) is 5.88. The molecule has 12 heteroatoms. The highest BCUT2D eigenvalue weighted by Gasteiger charge is 2.32. The van der Waals surface area contributed by atoms with Crippen LogP contribution in [-0.4, -0.2) is 20.7 Å². The highest BCUT2D eigenvalue weighted by atomic mass is 19.4. The molecule has 0 aliphatic rings. The summed E-state index contributed by atoms with van der Waals surface area (Å²) < 4.78 is 79.2. The van der Waals surface area contributed by atoms with E-state index >= 15 is 0 Å². The maximum Gasteiger partial charge on any atom is 0.419 e. The van der Waals surface area contributed by atoms with Crippen LogP contribution < -0.4 is 11.1 Å². The molecule has 0 bridgehead atoms. The number of alkyl halides is 6. The molecular weight excluding hydrogens is 512 g/mol. The maximum atomic E-state index is 13.2. The Kier molecular flexibility index (Phi) is 7.27. The molecule has 4 rings (SSSR count). The zero-order valence-corrected chi connectivity index (χ0v) is 19.8. The summed E-state index contributed by atoms with van der Waals surface area (Å²) in [4.78, 5) is 16.8. The Hall–Kier alpha value is -4.19. The van der Waals surface area contributed by atoms with E-state index < -0.39 is 35.4 Å². The zero-order valence-electron chi connectivity index (χ0n) is 19.8. The first kappa shape index (κ1) is 26.9. The average Bonchev–Trinajstić information content (AvgIpc) is 3.39. The number of amides is 1. The van der Waals surface area contributed by atoms with Crippen LogP contribution in [0.1, 0.15) is 45.7 Å². The van der Waals surface area contributed by atoms with Gasteiger partial charge in [0.2, 0.25) is 0 Å². The summed E-state index contributed by atoms with van der Waals surface area (Å²) in [6, 6.07) is 12.2. The molecule has 0 unspecified atom stereocenters. The first-order valence-corrected chi connectivity index (χ1v) is 11.3. The van der Waals surface area contributed by atoms with Gasteiger partial charge in [-0.3, -0.25) is 9.78 Å². The van der Waals surface area contributed by atoms with Crippen LogP contribution in [0.4, 0.5) is 26.3 Å². The van der Waals surface area contributed by atoms with E-state index in [0.29, 0.717) is 28.5 Å². The van der Waals surface area contributed by atoms with Crippen molar-refractivity contribution in [1.29, 1.82) is 0 Å². The van der Waals surface area contributed by atoms with Crippen LogP contribution >= 0.6 is 0 Å². The second kappa shape index (κ2) is 10.3. The van der Waals surface area contributed by atoms with Gasteiger partial charge in [-0.1, -0.05) is 30.3 Å². The van der Waals surface area contributed by atoms with Gasteiger partial charge in [-0.15, -0.1) is 0 Å². The Morgan fingerprint density at radius 1 is 0.974 bits per heavy atom. The SMILES string of the molecule is C[C@@H](NC(=O)c1cc(-n2cc(C(F)(F)F)cn2)ccn1)c1ccc(-c2cc(C(F)(F)F)ccc2CN)cc1. The quantitative estimate of drug-likeness (QED) is 0.301. The largest absolute Gasteiger partial charge is 0.419 e. The van der Waals surface area contributed by atoms with Crippen LogP contribution in [0.25, 0.3) is 16.8 Å². The van der Waals surface area contributed by atoms with Gasteiger partial charge in [-0.2, -0.15) is 31.4 Å². The van der Waals surface area contributed by atoms with Crippen LogP contribution in [0, 0.1) is 0 Å². The standard InChI is InChI=1S/C26H21F6N5O/c1-15(16-2-4-17(5-3-16)22-10-19(25(27,28)29)7-6-18(22)12-33)36-24(38)23-11-21(8-9-34-23)37-14-20(13-35-37)26(30,31)32/h2-11,13-15H,12,33H2,1H3,(H,36,38)/t15-/m1/s1. The van der Waals surface area contributed by atoms with E-state index in [1.807, 2.05) is 0 Å². The first-order valence-electron chi connectivity index (χ1n) is 11.3. The molecule has 0 aliphatic heterocycles. The number of benzene rings is 2. The Bertz CT molecular complexity index is 1440. The fourth-order valence-corrected chi connectivity index (χ4v) is 3.80. The van der Waals surface area contributed by atoms with Crippen molar-refractivity contribution in [3.63, 3.8) is 0 Å². The number of pyridine rings is 1. The minimum atomic E-state index is -4.55. The number of carbonyl (C=O) groups is 1. The maximum absolute atomic E-state index is 13.2. The topological polar surface area (TPSA) is 85.8 Å². The van der Waals surface area contributed by atoms with Crippen molar-refractivity contribution >= 4 is 5.91 Å². The Balaban J connectivity index is 1.50. The third-order valence-corrected chi connectivity index (χ3v) is 5.88. The van der Waals surface area contributed by atoms with Crippen LogP contribution in [-0.2, 0) is 18.9 Å². The predicted octanol–water partition coefficient (Wildman–Crippen LogP) is 5.92. The normalized spacial score (nSPS) is 12.8. The smallest absolute Gasteiger partial charge is 0.344 e. The number of hydrogen-bond acceptors (Lipinski definition) is 4. The molecule has 38 heavy (non-hydrogen) atoms. The van der Waals surface area contributed by atoms with Gasteiger partial charge in [0.1, 0.15) is 5.69 Å². The molecule has 0 saturated carbocycles. The lowest BCUT2D eigenvalue weighted by Crippen LogP contribution is -2.27. The van der Waals surface area contributed by atoms with Crippen LogP contribution in [0.3, 0.4) is 0 Å². The second-order valence-corrected chi connectivity index (χ2v) is 8.46. The second-order valence-electron chi connectivity index (χ2n) is 8.46. The fraction of sp³-hybridized carbons (Fsp3) is 0.192. The molecule has 2 aromatic carbocycles. The van der Waals surface area contributed by atoms with Crippen molar-refractivity contribution in [1.82, 2.24) is 20.1 Å². The summed E-state index contributed by atoms with van der Waals surface area (Å²) in [5.74, 6) is -0.574. The van der Waals surface area contributed by atoms with Gasteiger partial charge >= 0.3 is 12.4 Å². The molecule has 198 valence electrons. The number of aromatic nitrogens is 3. The number of nitrogens with two attached hydrogens (primary N) is 1. The molecule has 2 aromatic heterocycles. The van der Waals surface area contributed by atoms with E-state index in [4.69, 9.17) is 5.73 Å². The van der Waals surface area contributed by atoms with Crippen molar-refractivity contribution in [2.45, 2.75) is 31.9 Å². The fourth-order valence-electron chi connectivity index (χ4n) is 3.80. The van der Waals surface area contributed by atoms with E-state index in [9.17, 15) is 31.1 Å². The van der Waals surface area contributed by atoms with Crippen molar-refractivity contribution < 1.29 is 31.1 Å². The van der Waals surface area contributed by atoms with E-state index in [2.05, 4.69) is 15.4 Å². The van der Waals surface area contributed by atoms with Gasteiger partial charge in [0.05, 0.1) is 29.1 Å². The molecular formula is C26H21F6N5O. The minimum Gasteiger partial charge on any atom is -0.344 e. The Labute approximate surface area is 213 Å². The van der Waals surface area contributed by atoms with Crippen molar-refractivity contribution in [3.8, 4) is 16.8 Å². The lowest BCUT2D eigenvalue weighted by molar-refractivity contribution is -0.138. The Morgan fingerprint density at radius 3 is 2.26 bits per heavy atom. The molecule has 0 fully saturated rings. The molecule has 3 N–H and O–H groups in total. The van der Waals surface area contributed by atoms with Gasteiger partial charge in [0.15, 0.2) is 0 Å². The van der Waals surface area contributed by atoms with Crippen LogP contribution in [0.2, 0.25) is 0 Å². The summed E-state index contributed by atoms with van der Waals surface area (Å²) in [6.45, 7) is 1.76. The highest BCUT2D eigenvalue weighted by Crippen LogP contribution is 2.34. The number of nitrogens with one attached hydrogen (secondary N) is 1. The van der Waals surface area contributed by atoms with Crippen molar-refractivity contribution in [2.24, 2.45) is 5.73 Å². The number of hydrogen-bond donors (Lipinski definition) is 2. The van der Waals surface area contributed by atoms with Crippen LogP contribution in [0.5, 0.6) is 0 Å². The summed E-state index contributed by atoms with van der Waals surface area (Å²) >= 11 is 0. The number of rotatable bonds is 6. The van der Waals surface area contributed by atoms with Crippen molar-refractivity contribution in [2.75, 3.05) is 0 Å². The van der Waals surface area contributed by atoms with Gasteiger partial charge in [0, 0.05) is 18.9 Å². The molecule has 0 radical (unpaired) electrons.